The molecule has 3 fully saturated rings. The Labute approximate surface area is 113 Å². The highest BCUT2D eigenvalue weighted by Gasteiger charge is 2.37. The average Bonchev–Trinajstić information content (AvgIpc) is 3.10. The Kier molecular flexibility index (Phi) is 4.25. The molecule has 2 saturated carbocycles. The van der Waals surface area contributed by atoms with Gasteiger partial charge in [-0.2, -0.15) is 0 Å². The van der Waals surface area contributed by atoms with Gasteiger partial charge in [-0.05, 0) is 70.4 Å². The fraction of sp³-hybridized carbons (Fsp3) is 1.00. The summed E-state index contributed by atoms with van der Waals surface area (Å²) in [5.41, 5.74) is 0. The second-order valence-corrected chi connectivity index (χ2v) is 6.91. The first-order valence-electron chi connectivity index (χ1n) is 8.31. The molecular weight excluding hydrogens is 220 g/mol. The Hall–Kier alpha value is -0.0800. The van der Waals surface area contributed by atoms with E-state index in [2.05, 4.69) is 17.1 Å². The van der Waals surface area contributed by atoms with E-state index in [1.54, 1.807) is 0 Å². The number of hydrogen-bond donors (Lipinski definition) is 1. The molecule has 104 valence electrons. The highest BCUT2D eigenvalue weighted by Crippen LogP contribution is 2.37. The molecule has 1 atom stereocenters. The molecule has 0 amide bonds. The van der Waals surface area contributed by atoms with Crippen molar-refractivity contribution >= 4 is 0 Å². The summed E-state index contributed by atoms with van der Waals surface area (Å²) in [6.45, 7) is 6.42. The average molecular weight is 250 g/mol. The van der Waals surface area contributed by atoms with Gasteiger partial charge < -0.3 is 5.32 Å². The lowest BCUT2D eigenvalue weighted by Gasteiger charge is -2.37. The summed E-state index contributed by atoms with van der Waals surface area (Å²) in [6.07, 6.45) is 11.7. The maximum atomic E-state index is 3.50. The van der Waals surface area contributed by atoms with Gasteiger partial charge in [0, 0.05) is 18.6 Å². The van der Waals surface area contributed by atoms with E-state index in [1.165, 1.54) is 71.0 Å². The summed E-state index contributed by atoms with van der Waals surface area (Å²) < 4.78 is 0. The van der Waals surface area contributed by atoms with Crippen LogP contribution >= 0.6 is 0 Å². The van der Waals surface area contributed by atoms with Gasteiger partial charge in [-0.25, -0.2) is 0 Å². The number of nitrogens with zero attached hydrogens (tertiary/aromatic N) is 1. The van der Waals surface area contributed by atoms with Crippen LogP contribution in [-0.4, -0.2) is 36.6 Å². The molecule has 1 unspecified atom stereocenters. The lowest BCUT2D eigenvalue weighted by Crippen LogP contribution is -2.44. The summed E-state index contributed by atoms with van der Waals surface area (Å²) in [5.74, 6) is 1.98. The molecule has 2 nitrogen and oxygen atoms in total. The highest BCUT2D eigenvalue weighted by molar-refractivity contribution is 4.92. The molecule has 0 spiro atoms. The molecule has 3 rings (SSSR count). The Morgan fingerprint density at radius 2 is 1.67 bits per heavy atom. The van der Waals surface area contributed by atoms with Crippen LogP contribution in [0, 0.1) is 11.8 Å². The molecule has 0 aromatic carbocycles. The zero-order chi connectivity index (χ0) is 12.4. The molecule has 1 N–H and O–H groups in total. The van der Waals surface area contributed by atoms with Gasteiger partial charge in [0.05, 0.1) is 0 Å². The smallest absolute Gasteiger partial charge is 0.00994 e. The van der Waals surface area contributed by atoms with E-state index in [9.17, 15) is 0 Å². The summed E-state index contributed by atoms with van der Waals surface area (Å²) in [7, 11) is 0. The van der Waals surface area contributed by atoms with E-state index < -0.39 is 0 Å². The van der Waals surface area contributed by atoms with Gasteiger partial charge in [0.25, 0.3) is 0 Å². The zero-order valence-electron chi connectivity index (χ0n) is 12.0. The summed E-state index contributed by atoms with van der Waals surface area (Å²) in [6, 6.07) is 1.81. The fourth-order valence-electron chi connectivity index (χ4n) is 4.13. The van der Waals surface area contributed by atoms with Crippen molar-refractivity contribution in [2.75, 3.05) is 19.6 Å². The molecule has 18 heavy (non-hydrogen) atoms. The third kappa shape index (κ3) is 3.08. The number of rotatable bonds is 5. The summed E-state index contributed by atoms with van der Waals surface area (Å²) in [5, 5.41) is 3.50. The molecule has 0 bridgehead atoms. The minimum Gasteiger partial charge on any atom is -0.317 e. The first-order valence-corrected chi connectivity index (χ1v) is 8.31. The quantitative estimate of drug-likeness (QED) is 0.807. The van der Waals surface area contributed by atoms with Crippen molar-refractivity contribution in [3.63, 3.8) is 0 Å². The van der Waals surface area contributed by atoms with Crippen LogP contribution in [0.3, 0.4) is 0 Å². The minimum atomic E-state index is 0.856. The lowest BCUT2D eigenvalue weighted by atomic mass is 9.93. The summed E-state index contributed by atoms with van der Waals surface area (Å²) >= 11 is 0. The number of nitrogens with one attached hydrogen (secondary N) is 1. The Balaban J connectivity index is 1.56. The molecule has 0 aromatic heterocycles. The van der Waals surface area contributed by atoms with Crippen molar-refractivity contribution in [2.24, 2.45) is 11.8 Å². The normalized spacial score (nSPS) is 29.0. The first-order chi connectivity index (χ1) is 8.84. The van der Waals surface area contributed by atoms with Crippen LogP contribution in [0.2, 0.25) is 0 Å². The standard InChI is InChI=1S/C16H30N2/c1-13(15-4-2-3-5-15)18(16-6-7-16)12-14-8-10-17-11-9-14/h13-17H,2-12H2,1H3. The van der Waals surface area contributed by atoms with E-state index in [1.807, 2.05) is 0 Å². The van der Waals surface area contributed by atoms with E-state index in [4.69, 9.17) is 0 Å². The van der Waals surface area contributed by atoms with Gasteiger partial charge in [-0.3, -0.25) is 4.90 Å². The van der Waals surface area contributed by atoms with Crippen molar-refractivity contribution in [1.29, 1.82) is 0 Å². The predicted molar refractivity (Wildman–Crippen MR) is 76.7 cm³/mol. The summed E-state index contributed by atoms with van der Waals surface area (Å²) in [4.78, 5) is 2.91. The van der Waals surface area contributed by atoms with Gasteiger partial charge in [-0.1, -0.05) is 12.8 Å². The van der Waals surface area contributed by atoms with Crippen molar-refractivity contribution in [1.82, 2.24) is 10.2 Å². The lowest BCUT2D eigenvalue weighted by molar-refractivity contribution is 0.114. The van der Waals surface area contributed by atoms with Gasteiger partial charge in [0.2, 0.25) is 0 Å². The fourth-order valence-corrected chi connectivity index (χ4v) is 4.13. The zero-order valence-corrected chi connectivity index (χ0v) is 12.0. The van der Waals surface area contributed by atoms with Crippen LogP contribution in [0.5, 0.6) is 0 Å². The topological polar surface area (TPSA) is 15.3 Å². The molecule has 2 heteroatoms. The van der Waals surface area contributed by atoms with Crippen molar-refractivity contribution in [3.8, 4) is 0 Å². The van der Waals surface area contributed by atoms with Crippen molar-refractivity contribution < 1.29 is 0 Å². The predicted octanol–water partition coefficient (Wildman–Crippen LogP) is 3.03. The largest absolute Gasteiger partial charge is 0.317 e. The molecule has 2 aliphatic carbocycles. The maximum absolute atomic E-state index is 3.50. The first kappa shape index (κ1) is 12.9. The second kappa shape index (κ2) is 5.92. The Bertz CT molecular complexity index is 250. The molecule has 1 aliphatic heterocycles. The van der Waals surface area contributed by atoms with E-state index in [-0.39, 0.29) is 0 Å². The van der Waals surface area contributed by atoms with Crippen molar-refractivity contribution in [2.45, 2.75) is 70.4 Å². The van der Waals surface area contributed by atoms with E-state index in [0.717, 1.165) is 23.9 Å². The van der Waals surface area contributed by atoms with E-state index >= 15 is 0 Å². The van der Waals surface area contributed by atoms with Gasteiger partial charge >= 0.3 is 0 Å². The molecule has 1 saturated heterocycles. The molecule has 1 heterocycles. The molecule has 0 aromatic rings. The molecule has 0 radical (unpaired) electrons. The van der Waals surface area contributed by atoms with Gasteiger partial charge in [0.15, 0.2) is 0 Å². The Morgan fingerprint density at radius 3 is 2.28 bits per heavy atom. The monoisotopic (exact) mass is 250 g/mol. The minimum absolute atomic E-state index is 0.856. The third-order valence-electron chi connectivity index (χ3n) is 5.55. The van der Waals surface area contributed by atoms with Crippen LogP contribution in [0.25, 0.3) is 0 Å². The second-order valence-electron chi connectivity index (χ2n) is 6.91. The van der Waals surface area contributed by atoms with E-state index in [0.29, 0.717) is 0 Å². The van der Waals surface area contributed by atoms with Crippen LogP contribution in [0.15, 0.2) is 0 Å². The number of piperidine rings is 1. The Morgan fingerprint density at radius 1 is 1.00 bits per heavy atom. The highest BCUT2D eigenvalue weighted by atomic mass is 15.2. The number of hydrogen-bond acceptors (Lipinski definition) is 2. The van der Waals surface area contributed by atoms with Gasteiger partial charge in [0.1, 0.15) is 0 Å². The SMILES string of the molecule is CC(C1CCCC1)N(CC1CCNCC1)C1CC1. The van der Waals surface area contributed by atoms with Crippen LogP contribution in [-0.2, 0) is 0 Å². The van der Waals surface area contributed by atoms with Crippen molar-refractivity contribution in [3.05, 3.63) is 0 Å². The molecule has 3 aliphatic rings. The van der Waals surface area contributed by atoms with Crippen LogP contribution < -0.4 is 5.32 Å². The van der Waals surface area contributed by atoms with Crippen LogP contribution in [0.1, 0.15) is 58.3 Å². The molecular formula is C16H30N2. The van der Waals surface area contributed by atoms with Gasteiger partial charge in [-0.15, -0.1) is 0 Å². The third-order valence-corrected chi connectivity index (χ3v) is 5.55. The van der Waals surface area contributed by atoms with Crippen LogP contribution in [0.4, 0.5) is 0 Å². The maximum Gasteiger partial charge on any atom is 0.00994 e.